The van der Waals surface area contributed by atoms with Crippen LogP contribution in [0.2, 0.25) is 0 Å². The van der Waals surface area contributed by atoms with Crippen molar-refractivity contribution >= 4 is 63.2 Å². The van der Waals surface area contributed by atoms with Crippen LogP contribution in [0.5, 0.6) is 0 Å². The fourth-order valence-electron chi connectivity index (χ4n) is 3.51. The van der Waals surface area contributed by atoms with Gasteiger partial charge in [-0.3, -0.25) is 14.5 Å². The molecule has 4 nitrogen and oxygen atoms in total. The van der Waals surface area contributed by atoms with Crippen LogP contribution in [0.3, 0.4) is 0 Å². The van der Waals surface area contributed by atoms with E-state index >= 15 is 0 Å². The van der Waals surface area contributed by atoms with Gasteiger partial charge in [-0.15, -0.1) is 11.3 Å². The van der Waals surface area contributed by atoms with Crippen LogP contribution in [0.1, 0.15) is 47.3 Å². The van der Waals surface area contributed by atoms with E-state index in [4.69, 9.17) is 12.2 Å². The number of rotatable bonds is 8. The summed E-state index contributed by atoms with van der Waals surface area (Å²) in [6, 6.07) is 8.12. The SMILES string of the molecule is Cc1cc(C)c(NC(=O)CCCCCN2C(=O)/C(=C\c3cccs3)SC2=S)c(C)c1. The number of nitrogens with one attached hydrogen (secondary N) is 1. The molecule has 1 fully saturated rings. The third-order valence-corrected chi connectivity index (χ3v) is 7.11. The Bertz CT molecular complexity index is 957. The molecule has 0 atom stereocenters. The first-order valence-corrected chi connectivity index (χ1v) is 12.1. The van der Waals surface area contributed by atoms with E-state index in [0.29, 0.717) is 22.2 Å². The number of benzene rings is 1. The van der Waals surface area contributed by atoms with Crippen LogP contribution in [0, 0.1) is 20.8 Å². The van der Waals surface area contributed by atoms with Gasteiger partial charge in [0.2, 0.25) is 5.91 Å². The number of amides is 2. The number of nitrogens with zero attached hydrogens (tertiary/aromatic N) is 1. The topological polar surface area (TPSA) is 49.4 Å². The highest BCUT2D eigenvalue weighted by atomic mass is 32.2. The van der Waals surface area contributed by atoms with E-state index in [9.17, 15) is 9.59 Å². The Kier molecular flexibility index (Phi) is 7.86. The smallest absolute Gasteiger partial charge is 0.266 e. The maximum atomic E-state index is 12.6. The van der Waals surface area contributed by atoms with Gasteiger partial charge in [0.1, 0.15) is 4.32 Å². The van der Waals surface area contributed by atoms with Crippen molar-refractivity contribution in [2.24, 2.45) is 0 Å². The van der Waals surface area contributed by atoms with Crippen LogP contribution < -0.4 is 5.32 Å². The van der Waals surface area contributed by atoms with Crippen molar-refractivity contribution in [2.45, 2.75) is 46.5 Å². The molecule has 0 radical (unpaired) electrons. The molecule has 1 aliphatic heterocycles. The predicted octanol–water partition coefficient (Wildman–Crippen LogP) is 6.07. The number of thioether (sulfide) groups is 1. The van der Waals surface area contributed by atoms with Crippen LogP contribution >= 0.6 is 35.3 Å². The minimum Gasteiger partial charge on any atom is -0.326 e. The monoisotopic (exact) mass is 458 g/mol. The highest BCUT2D eigenvalue weighted by Gasteiger charge is 2.31. The van der Waals surface area contributed by atoms with Crippen molar-refractivity contribution in [3.05, 3.63) is 56.1 Å². The Morgan fingerprint density at radius 2 is 1.90 bits per heavy atom. The van der Waals surface area contributed by atoms with E-state index in [1.807, 2.05) is 37.4 Å². The Labute approximate surface area is 191 Å². The van der Waals surface area contributed by atoms with E-state index in [-0.39, 0.29) is 11.8 Å². The zero-order chi connectivity index (χ0) is 21.7. The van der Waals surface area contributed by atoms with Crippen molar-refractivity contribution in [3.63, 3.8) is 0 Å². The summed E-state index contributed by atoms with van der Waals surface area (Å²) in [6.07, 6.45) is 4.87. The quantitative estimate of drug-likeness (QED) is 0.296. The Hall–Kier alpha value is -1.96. The zero-order valence-corrected chi connectivity index (χ0v) is 19.9. The zero-order valence-electron chi connectivity index (χ0n) is 17.5. The molecule has 1 aliphatic rings. The van der Waals surface area contributed by atoms with E-state index in [1.165, 1.54) is 17.3 Å². The molecule has 2 aromatic rings. The van der Waals surface area contributed by atoms with E-state index in [1.54, 1.807) is 16.2 Å². The number of anilines is 1. The van der Waals surface area contributed by atoms with Crippen LogP contribution in [0.4, 0.5) is 5.69 Å². The van der Waals surface area contributed by atoms with Crippen molar-refractivity contribution < 1.29 is 9.59 Å². The van der Waals surface area contributed by atoms with Gasteiger partial charge in [0.15, 0.2) is 0 Å². The molecular weight excluding hydrogens is 432 g/mol. The van der Waals surface area contributed by atoms with Gasteiger partial charge in [0.25, 0.3) is 5.91 Å². The second kappa shape index (κ2) is 10.4. The molecule has 7 heteroatoms. The number of hydrogen-bond donors (Lipinski definition) is 1. The van der Waals surface area contributed by atoms with E-state index in [2.05, 4.69) is 24.4 Å². The minimum absolute atomic E-state index is 0.0125. The average molecular weight is 459 g/mol. The predicted molar refractivity (Wildman–Crippen MR) is 132 cm³/mol. The Balaban J connectivity index is 1.41. The van der Waals surface area contributed by atoms with Crippen LogP contribution in [-0.2, 0) is 9.59 Å². The van der Waals surface area contributed by atoms with Gasteiger partial charge in [-0.05, 0) is 62.3 Å². The standard InChI is InChI=1S/C23H26N2O2S3/c1-15-12-16(2)21(17(3)13-15)24-20(26)9-5-4-6-10-25-22(27)19(30-23(25)28)14-18-8-7-11-29-18/h7-8,11-14H,4-6,9-10H2,1-3H3,(H,24,26)/b19-14+. The highest BCUT2D eigenvalue weighted by Crippen LogP contribution is 2.33. The second-order valence-corrected chi connectivity index (χ2v) is 10.1. The summed E-state index contributed by atoms with van der Waals surface area (Å²) in [7, 11) is 0. The summed E-state index contributed by atoms with van der Waals surface area (Å²) in [5.74, 6) is 0.0241. The van der Waals surface area contributed by atoms with Gasteiger partial charge in [-0.2, -0.15) is 0 Å². The Morgan fingerprint density at radius 1 is 1.17 bits per heavy atom. The van der Waals surface area contributed by atoms with Gasteiger partial charge in [0.05, 0.1) is 4.91 Å². The number of carbonyl (C=O) groups is 2. The summed E-state index contributed by atoms with van der Waals surface area (Å²) < 4.78 is 0.617. The summed E-state index contributed by atoms with van der Waals surface area (Å²) in [6.45, 7) is 6.70. The van der Waals surface area contributed by atoms with Gasteiger partial charge in [-0.1, -0.05) is 54.2 Å². The number of thiophene rings is 1. The average Bonchev–Trinajstić information content (AvgIpc) is 3.28. The lowest BCUT2D eigenvalue weighted by atomic mass is 10.0. The molecule has 0 spiro atoms. The van der Waals surface area contributed by atoms with E-state index in [0.717, 1.165) is 41.0 Å². The molecule has 2 amide bonds. The van der Waals surface area contributed by atoms with Gasteiger partial charge >= 0.3 is 0 Å². The third kappa shape index (κ3) is 5.80. The molecule has 3 rings (SSSR count). The van der Waals surface area contributed by atoms with Crippen molar-refractivity contribution in [1.82, 2.24) is 4.90 Å². The Morgan fingerprint density at radius 3 is 2.57 bits per heavy atom. The first-order valence-electron chi connectivity index (χ1n) is 10.0. The lowest BCUT2D eigenvalue weighted by Gasteiger charge is -2.14. The van der Waals surface area contributed by atoms with Gasteiger partial charge in [0, 0.05) is 23.5 Å². The first kappa shape index (κ1) is 22.7. The van der Waals surface area contributed by atoms with Crippen LogP contribution in [0.25, 0.3) is 6.08 Å². The molecule has 30 heavy (non-hydrogen) atoms. The van der Waals surface area contributed by atoms with Crippen LogP contribution in [0.15, 0.2) is 34.6 Å². The van der Waals surface area contributed by atoms with E-state index < -0.39 is 0 Å². The molecule has 158 valence electrons. The molecule has 0 unspecified atom stereocenters. The largest absolute Gasteiger partial charge is 0.326 e. The molecule has 0 saturated carbocycles. The van der Waals surface area contributed by atoms with Crippen molar-refractivity contribution in [3.8, 4) is 0 Å². The fraction of sp³-hybridized carbons (Fsp3) is 0.348. The number of unbranched alkanes of at least 4 members (excludes halogenated alkanes) is 2. The molecule has 1 saturated heterocycles. The normalized spacial score (nSPS) is 15.3. The molecule has 0 aliphatic carbocycles. The second-order valence-electron chi connectivity index (χ2n) is 7.48. The van der Waals surface area contributed by atoms with Gasteiger partial charge in [-0.25, -0.2) is 0 Å². The third-order valence-electron chi connectivity index (χ3n) is 4.92. The summed E-state index contributed by atoms with van der Waals surface area (Å²) in [5.41, 5.74) is 4.29. The van der Waals surface area contributed by atoms with Crippen LogP contribution in [-0.4, -0.2) is 27.6 Å². The van der Waals surface area contributed by atoms with Gasteiger partial charge < -0.3 is 5.32 Å². The lowest BCUT2D eigenvalue weighted by Crippen LogP contribution is -2.29. The maximum absolute atomic E-state index is 12.6. The number of thiocarbonyl (C=S) groups is 1. The minimum atomic E-state index is -0.0125. The number of carbonyl (C=O) groups excluding carboxylic acids is 2. The summed E-state index contributed by atoms with van der Waals surface area (Å²) in [4.78, 5) is 28.3. The molecule has 1 aromatic heterocycles. The van der Waals surface area contributed by atoms with Crippen molar-refractivity contribution in [1.29, 1.82) is 0 Å². The highest BCUT2D eigenvalue weighted by molar-refractivity contribution is 8.26. The summed E-state index contributed by atoms with van der Waals surface area (Å²) in [5, 5.41) is 5.03. The molecule has 1 aromatic carbocycles. The molecular formula is C23H26N2O2S3. The molecule has 0 bridgehead atoms. The number of hydrogen-bond acceptors (Lipinski definition) is 5. The molecule has 2 heterocycles. The summed E-state index contributed by atoms with van der Waals surface area (Å²) >= 11 is 8.35. The number of aryl methyl sites for hydroxylation is 3. The fourth-order valence-corrected chi connectivity index (χ4v) is 5.54. The lowest BCUT2D eigenvalue weighted by molar-refractivity contribution is -0.122. The first-order chi connectivity index (χ1) is 14.3. The van der Waals surface area contributed by atoms with Crippen molar-refractivity contribution in [2.75, 3.05) is 11.9 Å². The maximum Gasteiger partial charge on any atom is 0.266 e. The molecule has 1 N–H and O–H groups in total.